The molecule has 2 unspecified atom stereocenters. The maximum Gasteiger partial charge on any atom is 0.175 e. The Morgan fingerprint density at radius 2 is 2.07 bits per heavy atom. The minimum atomic E-state index is -0.891. The summed E-state index contributed by atoms with van der Waals surface area (Å²) in [6.07, 6.45) is -0.891. The summed E-state index contributed by atoms with van der Waals surface area (Å²) in [5.74, 6) is 0.238. The van der Waals surface area contributed by atoms with Gasteiger partial charge in [-0.05, 0) is 12.1 Å². The lowest BCUT2D eigenvalue weighted by Gasteiger charge is -2.06. The molecule has 6 heteroatoms. The lowest BCUT2D eigenvalue weighted by molar-refractivity contribution is 0.142. The maximum atomic E-state index is 9.38. The number of benzene rings is 1. The van der Waals surface area contributed by atoms with Crippen LogP contribution in [0, 0.1) is 0 Å². The fraction of sp³-hybridized carbons (Fsp3) is 0.222. The summed E-state index contributed by atoms with van der Waals surface area (Å²) in [6, 6.07) is 8.62. The standard InChI is InChI=1S/C9H11N5O/c10-8-7(9(15)14-13-8)12-11-6-4-2-1-3-5-6/h1-5,7,9,14-15H,(H2,10,13). The van der Waals surface area contributed by atoms with Gasteiger partial charge in [-0.25, -0.2) is 0 Å². The van der Waals surface area contributed by atoms with Crippen molar-refractivity contribution in [2.75, 3.05) is 0 Å². The lowest BCUT2D eigenvalue weighted by atomic mass is 10.3. The largest absolute Gasteiger partial charge is 0.384 e. The Kier molecular flexibility index (Phi) is 2.59. The Hall–Kier alpha value is -1.95. The highest BCUT2D eigenvalue weighted by Gasteiger charge is 2.27. The molecule has 1 aromatic rings. The van der Waals surface area contributed by atoms with Crippen molar-refractivity contribution in [2.24, 2.45) is 21.1 Å². The molecule has 15 heavy (non-hydrogen) atoms. The first-order valence-electron chi connectivity index (χ1n) is 4.50. The van der Waals surface area contributed by atoms with E-state index in [4.69, 9.17) is 5.73 Å². The van der Waals surface area contributed by atoms with E-state index in [1.807, 2.05) is 30.3 Å². The number of nitrogens with two attached hydrogens (primary N) is 1. The summed E-state index contributed by atoms with van der Waals surface area (Å²) in [5, 5.41) is 20.9. The van der Waals surface area contributed by atoms with Crippen LogP contribution in [0.15, 0.2) is 45.7 Å². The molecule has 2 atom stereocenters. The van der Waals surface area contributed by atoms with Crippen molar-refractivity contribution >= 4 is 11.5 Å². The second-order valence-corrected chi connectivity index (χ2v) is 3.11. The molecule has 0 aromatic heterocycles. The van der Waals surface area contributed by atoms with Crippen LogP contribution in [0.5, 0.6) is 0 Å². The summed E-state index contributed by atoms with van der Waals surface area (Å²) in [5.41, 5.74) is 8.64. The van der Waals surface area contributed by atoms with Crippen LogP contribution in [0.3, 0.4) is 0 Å². The smallest absolute Gasteiger partial charge is 0.175 e. The third-order valence-electron chi connectivity index (χ3n) is 1.98. The first-order chi connectivity index (χ1) is 7.27. The zero-order valence-electron chi connectivity index (χ0n) is 7.91. The third-order valence-corrected chi connectivity index (χ3v) is 1.98. The van der Waals surface area contributed by atoms with Gasteiger partial charge in [-0.15, -0.1) is 0 Å². The van der Waals surface area contributed by atoms with Crippen molar-refractivity contribution in [2.45, 2.75) is 12.3 Å². The third kappa shape index (κ3) is 2.10. The van der Waals surface area contributed by atoms with Gasteiger partial charge in [0.15, 0.2) is 18.1 Å². The van der Waals surface area contributed by atoms with Gasteiger partial charge < -0.3 is 10.8 Å². The van der Waals surface area contributed by atoms with Gasteiger partial charge in [-0.3, -0.25) is 5.43 Å². The summed E-state index contributed by atoms with van der Waals surface area (Å²) in [6.45, 7) is 0. The molecule has 0 saturated carbocycles. The molecule has 0 bridgehead atoms. The Balaban J connectivity index is 2.09. The number of aliphatic hydroxyl groups is 1. The summed E-state index contributed by atoms with van der Waals surface area (Å²) in [7, 11) is 0. The molecule has 1 aromatic carbocycles. The van der Waals surface area contributed by atoms with E-state index >= 15 is 0 Å². The Morgan fingerprint density at radius 3 is 2.67 bits per heavy atom. The van der Waals surface area contributed by atoms with Crippen LogP contribution >= 0.6 is 0 Å². The predicted molar refractivity (Wildman–Crippen MR) is 55.5 cm³/mol. The molecule has 1 aliphatic rings. The van der Waals surface area contributed by atoms with Crippen molar-refractivity contribution in [1.29, 1.82) is 0 Å². The number of amidine groups is 1. The highest BCUT2D eigenvalue weighted by Crippen LogP contribution is 2.13. The lowest BCUT2D eigenvalue weighted by Crippen LogP contribution is -2.35. The highest BCUT2D eigenvalue weighted by atomic mass is 16.3. The number of hydrogen-bond acceptors (Lipinski definition) is 6. The van der Waals surface area contributed by atoms with Gasteiger partial charge in [-0.1, -0.05) is 18.2 Å². The van der Waals surface area contributed by atoms with Crippen LogP contribution in [-0.2, 0) is 0 Å². The first kappa shape index (κ1) is 9.60. The molecule has 0 radical (unpaired) electrons. The number of hydrazone groups is 1. The molecule has 0 spiro atoms. The van der Waals surface area contributed by atoms with Gasteiger partial charge in [0, 0.05) is 0 Å². The Bertz CT molecular complexity index is 389. The van der Waals surface area contributed by atoms with Gasteiger partial charge in [0.25, 0.3) is 0 Å². The first-order valence-corrected chi connectivity index (χ1v) is 4.50. The monoisotopic (exact) mass is 205 g/mol. The Morgan fingerprint density at radius 1 is 1.33 bits per heavy atom. The number of hydrogen-bond donors (Lipinski definition) is 3. The van der Waals surface area contributed by atoms with E-state index in [0.29, 0.717) is 5.69 Å². The second kappa shape index (κ2) is 4.05. The zero-order valence-corrected chi connectivity index (χ0v) is 7.91. The van der Waals surface area contributed by atoms with Gasteiger partial charge in [0.2, 0.25) is 0 Å². The summed E-state index contributed by atoms with van der Waals surface area (Å²) < 4.78 is 0. The molecule has 0 amide bonds. The van der Waals surface area contributed by atoms with E-state index in [9.17, 15) is 5.11 Å². The highest BCUT2D eigenvalue weighted by molar-refractivity contribution is 5.87. The van der Waals surface area contributed by atoms with Crippen LogP contribution in [0.25, 0.3) is 0 Å². The van der Waals surface area contributed by atoms with Crippen molar-refractivity contribution < 1.29 is 5.11 Å². The number of azo groups is 1. The van der Waals surface area contributed by atoms with Crippen LogP contribution in [0.2, 0.25) is 0 Å². The summed E-state index contributed by atoms with van der Waals surface area (Å²) in [4.78, 5) is 0. The molecule has 0 aliphatic carbocycles. The van der Waals surface area contributed by atoms with Gasteiger partial charge in [0.1, 0.15) is 0 Å². The normalized spacial score (nSPS) is 25.3. The molecular weight excluding hydrogens is 194 g/mol. The topological polar surface area (TPSA) is 95.4 Å². The van der Waals surface area contributed by atoms with Crippen LogP contribution in [-0.4, -0.2) is 23.2 Å². The maximum absolute atomic E-state index is 9.38. The summed E-state index contributed by atoms with van der Waals surface area (Å²) >= 11 is 0. The van der Waals surface area contributed by atoms with Crippen LogP contribution in [0.1, 0.15) is 0 Å². The van der Waals surface area contributed by atoms with Crippen LogP contribution < -0.4 is 11.2 Å². The van der Waals surface area contributed by atoms with E-state index < -0.39 is 12.3 Å². The Labute approximate surface area is 86.5 Å². The zero-order chi connectivity index (χ0) is 10.7. The fourth-order valence-electron chi connectivity index (χ4n) is 1.18. The van der Waals surface area contributed by atoms with E-state index in [0.717, 1.165) is 0 Å². The molecule has 6 nitrogen and oxygen atoms in total. The second-order valence-electron chi connectivity index (χ2n) is 3.11. The average Bonchev–Trinajstić information content (AvgIpc) is 2.58. The van der Waals surface area contributed by atoms with E-state index in [1.54, 1.807) is 0 Å². The minimum Gasteiger partial charge on any atom is -0.384 e. The number of nitrogens with zero attached hydrogens (tertiary/aromatic N) is 3. The van der Waals surface area contributed by atoms with Gasteiger partial charge in [-0.2, -0.15) is 15.3 Å². The van der Waals surface area contributed by atoms with E-state index in [1.165, 1.54) is 0 Å². The van der Waals surface area contributed by atoms with Crippen molar-refractivity contribution in [3.05, 3.63) is 30.3 Å². The molecule has 0 fully saturated rings. The molecule has 0 saturated heterocycles. The van der Waals surface area contributed by atoms with E-state index in [2.05, 4.69) is 20.8 Å². The quantitative estimate of drug-likeness (QED) is 0.607. The molecule has 1 aliphatic heterocycles. The van der Waals surface area contributed by atoms with Crippen molar-refractivity contribution in [3.8, 4) is 0 Å². The number of aliphatic hydroxyl groups excluding tert-OH is 1. The molecule has 4 N–H and O–H groups in total. The fourth-order valence-corrected chi connectivity index (χ4v) is 1.18. The minimum absolute atomic E-state index is 0.238. The number of rotatable bonds is 2. The van der Waals surface area contributed by atoms with Crippen molar-refractivity contribution in [3.63, 3.8) is 0 Å². The van der Waals surface area contributed by atoms with Gasteiger partial charge in [0.05, 0.1) is 5.69 Å². The average molecular weight is 205 g/mol. The van der Waals surface area contributed by atoms with E-state index in [-0.39, 0.29) is 5.84 Å². The molecule has 1 heterocycles. The molecule has 2 rings (SSSR count). The predicted octanol–water partition coefficient (Wildman–Crippen LogP) is 0.333. The van der Waals surface area contributed by atoms with Crippen LogP contribution in [0.4, 0.5) is 5.69 Å². The van der Waals surface area contributed by atoms with Crippen molar-refractivity contribution in [1.82, 2.24) is 5.43 Å². The SMILES string of the molecule is NC1=NNC(O)C1N=Nc1ccccc1. The molecular formula is C9H11N5O. The number of nitrogens with one attached hydrogen (secondary N) is 1. The van der Waals surface area contributed by atoms with Gasteiger partial charge >= 0.3 is 0 Å². The molecule has 78 valence electrons.